The Morgan fingerprint density at radius 1 is 0.955 bits per heavy atom. The average molecular weight is 607 g/mol. The van der Waals surface area contributed by atoms with Crippen LogP contribution in [0.25, 0.3) is 6.08 Å². The third-order valence-corrected chi connectivity index (χ3v) is 14.1. The summed E-state index contributed by atoms with van der Waals surface area (Å²) in [6.07, 6.45) is 15.8. The number of aliphatic hydroxyl groups excluding tert-OH is 1. The normalized spacial score (nSPS) is 39.7. The molecule has 9 atom stereocenters. The van der Waals surface area contributed by atoms with Crippen LogP contribution in [0.4, 0.5) is 0 Å². The molecule has 4 fully saturated rings. The molecule has 5 nitrogen and oxygen atoms in total. The first-order valence-corrected chi connectivity index (χ1v) is 17.2. The summed E-state index contributed by atoms with van der Waals surface area (Å²) in [5.74, 6) is 1.88. The molecule has 44 heavy (non-hydrogen) atoms. The van der Waals surface area contributed by atoms with Gasteiger partial charge in [0.05, 0.1) is 12.2 Å². The number of hydrogen-bond acceptors (Lipinski definition) is 5. The SMILES string of the molecule is CC(=CCC[C@](C)(O)[C@H]1CC[C@]2(C)[C@@H]1CC[C@@H]1[C@@]3(C)CC[C@H](OC(=O)C=Cc4ccc(O)cc4)C(C)(C)[C@H]3CC[C@]12C)CO. The molecule has 1 aromatic rings. The highest BCUT2D eigenvalue weighted by Crippen LogP contribution is 2.76. The second-order valence-electron chi connectivity index (χ2n) is 16.6. The Morgan fingerprint density at radius 3 is 2.32 bits per heavy atom. The van der Waals surface area contributed by atoms with E-state index in [-0.39, 0.29) is 46.1 Å². The lowest BCUT2D eigenvalue weighted by molar-refractivity contribution is -0.229. The number of rotatable bonds is 8. The van der Waals surface area contributed by atoms with Crippen LogP contribution >= 0.6 is 0 Å². The van der Waals surface area contributed by atoms with Gasteiger partial charge in [-0.05, 0) is 142 Å². The number of esters is 1. The van der Waals surface area contributed by atoms with E-state index in [0.717, 1.165) is 49.7 Å². The molecule has 4 aliphatic carbocycles. The quantitative estimate of drug-likeness (QED) is 0.157. The molecule has 0 aromatic heterocycles. The minimum Gasteiger partial charge on any atom is -0.508 e. The number of hydrogen-bond donors (Lipinski definition) is 3. The average Bonchev–Trinajstić information content (AvgIpc) is 3.33. The van der Waals surface area contributed by atoms with Crippen LogP contribution < -0.4 is 0 Å². The van der Waals surface area contributed by atoms with Gasteiger partial charge in [0, 0.05) is 11.5 Å². The van der Waals surface area contributed by atoms with Crippen LogP contribution in [-0.2, 0) is 9.53 Å². The fraction of sp³-hybridized carbons (Fsp3) is 0.718. The lowest BCUT2D eigenvalue weighted by Crippen LogP contribution is -2.64. The van der Waals surface area contributed by atoms with Gasteiger partial charge >= 0.3 is 5.97 Å². The first kappa shape index (κ1) is 33.3. The molecule has 244 valence electrons. The zero-order valence-corrected chi connectivity index (χ0v) is 28.4. The maximum atomic E-state index is 13.0. The van der Waals surface area contributed by atoms with Crippen LogP contribution in [0.15, 0.2) is 42.0 Å². The summed E-state index contributed by atoms with van der Waals surface area (Å²) >= 11 is 0. The molecule has 5 rings (SSSR count). The van der Waals surface area contributed by atoms with Gasteiger partial charge in [-0.15, -0.1) is 0 Å². The number of carbonyl (C=O) groups is 1. The first-order valence-electron chi connectivity index (χ1n) is 17.2. The van der Waals surface area contributed by atoms with E-state index in [1.165, 1.54) is 31.8 Å². The molecular weight excluding hydrogens is 548 g/mol. The molecule has 1 aromatic carbocycles. The Labute approximate surface area is 266 Å². The van der Waals surface area contributed by atoms with Gasteiger partial charge in [0.15, 0.2) is 0 Å². The van der Waals surface area contributed by atoms with Crippen LogP contribution in [0.2, 0.25) is 0 Å². The van der Waals surface area contributed by atoms with Gasteiger partial charge in [-0.2, -0.15) is 0 Å². The topological polar surface area (TPSA) is 87.0 Å². The summed E-state index contributed by atoms with van der Waals surface area (Å²) < 4.78 is 6.18. The van der Waals surface area contributed by atoms with Gasteiger partial charge in [0.25, 0.3) is 0 Å². The highest BCUT2D eigenvalue weighted by Gasteiger charge is 2.69. The predicted octanol–water partition coefficient (Wildman–Crippen LogP) is 8.47. The fourth-order valence-corrected chi connectivity index (χ4v) is 11.5. The zero-order chi connectivity index (χ0) is 32.1. The summed E-state index contributed by atoms with van der Waals surface area (Å²) in [5.41, 5.74) is 1.66. The molecular formula is C39H58O5. The van der Waals surface area contributed by atoms with Crippen molar-refractivity contribution in [1.82, 2.24) is 0 Å². The summed E-state index contributed by atoms with van der Waals surface area (Å²) in [5, 5.41) is 30.7. The summed E-state index contributed by atoms with van der Waals surface area (Å²) in [4.78, 5) is 13.0. The van der Waals surface area contributed by atoms with Crippen LogP contribution in [0, 0.1) is 45.3 Å². The Balaban J connectivity index is 1.30. The molecule has 0 amide bonds. The van der Waals surface area contributed by atoms with Crippen molar-refractivity contribution in [2.24, 2.45) is 45.3 Å². The summed E-state index contributed by atoms with van der Waals surface area (Å²) in [6.45, 7) is 16.5. The molecule has 0 bridgehead atoms. The van der Waals surface area contributed by atoms with Crippen molar-refractivity contribution < 1.29 is 24.9 Å². The molecule has 4 saturated carbocycles. The Hall–Kier alpha value is -2.11. The number of benzene rings is 1. The third-order valence-electron chi connectivity index (χ3n) is 14.1. The number of aromatic hydroxyl groups is 1. The van der Waals surface area contributed by atoms with E-state index in [1.54, 1.807) is 30.3 Å². The Morgan fingerprint density at radius 2 is 1.64 bits per heavy atom. The second-order valence-corrected chi connectivity index (χ2v) is 16.6. The van der Waals surface area contributed by atoms with Crippen LogP contribution in [0.5, 0.6) is 5.75 Å². The molecule has 0 radical (unpaired) electrons. The molecule has 4 aliphatic rings. The largest absolute Gasteiger partial charge is 0.508 e. The molecule has 0 unspecified atom stereocenters. The van der Waals surface area contributed by atoms with E-state index in [2.05, 4.69) is 47.6 Å². The van der Waals surface area contributed by atoms with Crippen LogP contribution in [0.1, 0.15) is 118 Å². The van der Waals surface area contributed by atoms with Gasteiger partial charge in [0.2, 0.25) is 0 Å². The van der Waals surface area contributed by atoms with E-state index in [9.17, 15) is 20.1 Å². The van der Waals surface area contributed by atoms with Gasteiger partial charge < -0.3 is 20.1 Å². The number of aliphatic hydroxyl groups is 2. The Bertz CT molecular complexity index is 1260. The maximum absolute atomic E-state index is 13.0. The molecule has 3 N–H and O–H groups in total. The van der Waals surface area contributed by atoms with Crippen molar-refractivity contribution in [1.29, 1.82) is 0 Å². The van der Waals surface area contributed by atoms with Crippen molar-refractivity contribution in [3.05, 3.63) is 47.6 Å². The number of carbonyl (C=O) groups excluding carboxylic acids is 1. The smallest absolute Gasteiger partial charge is 0.331 e. The van der Waals surface area contributed by atoms with Crippen molar-refractivity contribution in [3.8, 4) is 5.75 Å². The van der Waals surface area contributed by atoms with E-state index < -0.39 is 5.60 Å². The molecule has 5 heteroatoms. The zero-order valence-electron chi connectivity index (χ0n) is 28.4. The van der Waals surface area contributed by atoms with Crippen molar-refractivity contribution >= 4 is 12.0 Å². The standard InChI is InChI=1S/C39H58O5/c1-26(25-40)9-8-21-39(7,43)30-18-23-37(5)29(30)15-16-32-36(4)22-20-33(35(2,3)31(36)19-24-38(32,37)6)44-34(42)17-12-27-10-13-28(41)14-11-27/h9-14,17,29-33,40-41,43H,8,15-16,18-25H2,1-7H3/t29-,30+,31-,32-,33+,36+,37-,38-,39+/m1/s1. The van der Waals surface area contributed by atoms with E-state index >= 15 is 0 Å². The fourth-order valence-electron chi connectivity index (χ4n) is 11.5. The minimum atomic E-state index is -0.695. The molecule has 0 saturated heterocycles. The number of ether oxygens (including phenoxy) is 1. The summed E-state index contributed by atoms with van der Waals surface area (Å²) in [6, 6.07) is 6.81. The number of phenolic OH excluding ortho intramolecular Hbond substituents is 1. The van der Waals surface area contributed by atoms with Gasteiger partial charge in [-0.1, -0.05) is 58.4 Å². The van der Waals surface area contributed by atoms with E-state index in [0.29, 0.717) is 23.7 Å². The summed E-state index contributed by atoms with van der Waals surface area (Å²) in [7, 11) is 0. The van der Waals surface area contributed by atoms with Crippen molar-refractivity contribution in [2.75, 3.05) is 6.61 Å². The number of phenols is 1. The lowest BCUT2D eigenvalue weighted by atomic mass is 9.35. The molecule has 0 aliphatic heterocycles. The lowest BCUT2D eigenvalue weighted by Gasteiger charge is -2.70. The van der Waals surface area contributed by atoms with Gasteiger partial charge in [0.1, 0.15) is 11.9 Å². The highest BCUT2D eigenvalue weighted by atomic mass is 16.5. The molecule has 0 spiro atoms. The van der Waals surface area contributed by atoms with Crippen LogP contribution in [-0.4, -0.2) is 39.6 Å². The highest BCUT2D eigenvalue weighted by molar-refractivity contribution is 5.87. The van der Waals surface area contributed by atoms with Gasteiger partial charge in [-0.3, -0.25) is 0 Å². The predicted molar refractivity (Wildman–Crippen MR) is 177 cm³/mol. The second kappa shape index (κ2) is 11.9. The minimum absolute atomic E-state index is 0.0871. The number of fused-ring (bicyclic) bond motifs is 5. The van der Waals surface area contributed by atoms with Crippen molar-refractivity contribution in [3.63, 3.8) is 0 Å². The van der Waals surface area contributed by atoms with E-state index in [4.69, 9.17) is 4.74 Å². The van der Waals surface area contributed by atoms with Crippen molar-refractivity contribution in [2.45, 2.75) is 124 Å². The molecule has 0 heterocycles. The van der Waals surface area contributed by atoms with E-state index in [1.807, 2.05) is 6.92 Å². The van der Waals surface area contributed by atoms with Crippen LogP contribution in [0.3, 0.4) is 0 Å². The maximum Gasteiger partial charge on any atom is 0.331 e. The van der Waals surface area contributed by atoms with Gasteiger partial charge in [-0.25, -0.2) is 4.79 Å². The number of allylic oxidation sites excluding steroid dienone is 1. The monoisotopic (exact) mass is 606 g/mol. The third kappa shape index (κ3) is 5.59. The first-order chi connectivity index (χ1) is 20.6. The Kier molecular flexibility index (Phi) is 9.01.